The highest BCUT2D eigenvalue weighted by atomic mass is 32.2. The SMILES string of the molecule is COC(=O)c1ccc(COC(=O)C2=CN(C)S(=O)(=O)N=C2C)cc1. The molecule has 0 saturated heterocycles. The monoisotopic (exact) mass is 352 g/mol. The molecule has 1 aliphatic rings. The van der Waals surface area contributed by atoms with Gasteiger partial charge >= 0.3 is 22.1 Å². The fourth-order valence-electron chi connectivity index (χ4n) is 1.91. The third-order valence-electron chi connectivity index (χ3n) is 3.28. The summed E-state index contributed by atoms with van der Waals surface area (Å²) < 4.78 is 37.2. The minimum atomic E-state index is -3.77. The van der Waals surface area contributed by atoms with E-state index in [1.807, 2.05) is 0 Å². The zero-order valence-electron chi connectivity index (χ0n) is 13.3. The Bertz CT molecular complexity index is 824. The van der Waals surface area contributed by atoms with Gasteiger partial charge in [-0.15, -0.1) is 4.40 Å². The molecule has 1 aromatic rings. The van der Waals surface area contributed by atoms with Crippen molar-refractivity contribution < 1.29 is 27.5 Å². The van der Waals surface area contributed by atoms with Crippen LogP contribution in [0.2, 0.25) is 0 Å². The van der Waals surface area contributed by atoms with E-state index in [-0.39, 0.29) is 17.9 Å². The topological polar surface area (TPSA) is 102 Å². The second-order valence-electron chi connectivity index (χ2n) is 4.98. The maximum atomic E-state index is 12.1. The Balaban J connectivity index is 2.04. The van der Waals surface area contributed by atoms with Crippen molar-refractivity contribution in [2.75, 3.05) is 14.2 Å². The molecule has 2 rings (SSSR count). The van der Waals surface area contributed by atoms with Crippen LogP contribution in [0, 0.1) is 0 Å². The summed E-state index contributed by atoms with van der Waals surface area (Å²) in [7, 11) is -1.20. The van der Waals surface area contributed by atoms with Gasteiger partial charge in [0, 0.05) is 13.2 Å². The second-order valence-corrected chi connectivity index (χ2v) is 6.63. The average Bonchev–Trinajstić information content (AvgIpc) is 2.55. The number of esters is 2. The summed E-state index contributed by atoms with van der Waals surface area (Å²) in [6.07, 6.45) is 1.17. The summed E-state index contributed by atoms with van der Waals surface area (Å²) in [6, 6.07) is 6.38. The number of rotatable bonds is 4. The summed E-state index contributed by atoms with van der Waals surface area (Å²) in [5.74, 6) is -1.14. The van der Waals surface area contributed by atoms with Crippen LogP contribution in [-0.4, -0.2) is 44.5 Å². The zero-order valence-corrected chi connectivity index (χ0v) is 14.2. The molecule has 0 N–H and O–H groups in total. The number of carbonyl (C=O) groups is 2. The van der Waals surface area contributed by atoms with Crippen molar-refractivity contribution in [1.82, 2.24) is 4.31 Å². The summed E-state index contributed by atoms with van der Waals surface area (Å²) >= 11 is 0. The van der Waals surface area contributed by atoms with E-state index in [9.17, 15) is 18.0 Å². The van der Waals surface area contributed by atoms with Crippen LogP contribution >= 0.6 is 0 Å². The lowest BCUT2D eigenvalue weighted by atomic mass is 10.1. The van der Waals surface area contributed by atoms with Gasteiger partial charge in [0.05, 0.1) is 24.0 Å². The maximum absolute atomic E-state index is 12.1. The molecule has 0 spiro atoms. The third-order valence-corrected chi connectivity index (χ3v) is 4.62. The van der Waals surface area contributed by atoms with Gasteiger partial charge in [0.25, 0.3) is 0 Å². The fraction of sp³-hybridized carbons (Fsp3) is 0.267. The van der Waals surface area contributed by atoms with Gasteiger partial charge in [-0.3, -0.25) is 4.31 Å². The Labute approximate surface area is 139 Å². The summed E-state index contributed by atoms with van der Waals surface area (Å²) in [5, 5.41) is 0. The molecule has 0 aliphatic carbocycles. The van der Waals surface area contributed by atoms with Gasteiger partial charge in [-0.2, -0.15) is 8.42 Å². The number of carbonyl (C=O) groups excluding carboxylic acids is 2. The Hall–Kier alpha value is -2.68. The van der Waals surface area contributed by atoms with E-state index in [2.05, 4.69) is 9.13 Å². The van der Waals surface area contributed by atoms with E-state index in [1.54, 1.807) is 24.3 Å². The molecule has 9 heteroatoms. The molecular formula is C15H16N2O6S. The molecule has 0 radical (unpaired) electrons. The molecule has 0 atom stereocenters. The molecule has 1 aromatic carbocycles. The first-order chi connectivity index (χ1) is 11.2. The molecular weight excluding hydrogens is 336 g/mol. The minimum Gasteiger partial charge on any atom is -0.465 e. The van der Waals surface area contributed by atoms with Gasteiger partial charge in [-0.25, -0.2) is 9.59 Å². The lowest BCUT2D eigenvalue weighted by molar-refractivity contribution is -0.139. The number of hydrogen-bond donors (Lipinski definition) is 0. The molecule has 0 aromatic heterocycles. The molecule has 0 bridgehead atoms. The quantitative estimate of drug-likeness (QED) is 0.751. The van der Waals surface area contributed by atoms with Gasteiger partial charge in [0.2, 0.25) is 0 Å². The van der Waals surface area contributed by atoms with Crippen LogP contribution in [0.15, 0.2) is 40.4 Å². The molecule has 1 aliphatic heterocycles. The molecule has 0 unspecified atom stereocenters. The van der Waals surface area contributed by atoms with Crippen LogP contribution in [0.3, 0.4) is 0 Å². The Kier molecular flexibility index (Phi) is 5.03. The van der Waals surface area contributed by atoms with Crippen molar-refractivity contribution in [1.29, 1.82) is 0 Å². The Morgan fingerprint density at radius 2 is 1.79 bits per heavy atom. The van der Waals surface area contributed by atoms with Crippen LogP contribution in [0.4, 0.5) is 0 Å². The highest BCUT2D eigenvalue weighted by molar-refractivity contribution is 7.88. The lowest BCUT2D eigenvalue weighted by Gasteiger charge is -2.19. The van der Waals surface area contributed by atoms with Crippen LogP contribution in [0.5, 0.6) is 0 Å². The molecule has 8 nitrogen and oxygen atoms in total. The van der Waals surface area contributed by atoms with Gasteiger partial charge in [0.15, 0.2) is 0 Å². The van der Waals surface area contributed by atoms with Crippen LogP contribution < -0.4 is 0 Å². The summed E-state index contributed by atoms with van der Waals surface area (Å²) in [6.45, 7) is 1.39. The highest BCUT2D eigenvalue weighted by Crippen LogP contribution is 2.16. The standard InChI is InChI=1S/C15H16N2O6S/c1-10-13(8-17(2)24(20,21)16-10)15(19)23-9-11-4-6-12(7-5-11)14(18)22-3/h4-8H,9H2,1-3H3. The van der Waals surface area contributed by atoms with Crippen molar-refractivity contribution in [2.24, 2.45) is 4.40 Å². The Morgan fingerprint density at radius 1 is 1.17 bits per heavy atom. The largest absolute Gasteiger partial charge is 0.465 e. The molecule has 24 heavy (non-hydrogen) atoms. The molecule has 0 saturated carbocycles. The predicted octanol–water partition coefficient (Wildman–Crippen LogP) is 1.05. The maximum Gasteiger partial charge on any atom is 0.344 e. The van der Waals surface area contributed by atoms with E-state index in [0.29, 0.717) is 11.1 Å². The van der Waals surface area contributed by atoms with Gasteiger partial charge in [0.1, 0.15) is 6.61 Å². The second kappa shape index (κ2) is 6.83. The van der Waals surface area contributed by atoms with E-state index in [1.165, 1.54) is 27.3 Å². The fourth-order valence-corrected chi connectivity index (χ4v) is 2.72. The summed E-state index contributed by atoms with van der Waals surface area (Å²) in [5.41, 5.74) is 1.19. The van der Waals surface area contributed by atoms with Crippen LogP contribution in [0.25, 0.3) is 0 Å². The van der Waals surface area contributed by atoms with E-state index in [0.717, 1.165) is 4.31 Å². The molecule has 1 heterocycles. The van der Waals surface area contributed by atoms with E-state index >= 15 is 0 Å². The van der Waals surface area contributed by atoms with Crippen LogP contribution in [0.1, 0.15) is 22.8 Å². The number of hydrogen-bond acceptors (Lipinski definition) is 6. The molecule has 0 fully saturated rings. The predicted molar refractivity (Wildman–Crippen MR) is 85.5 cm³/mol. The third kappa shape index (κ3) is 3.80. The van der Waals surface area contributed by atoms with Crippen molar-refractivity contribution in [3.05, 3.63) is 47.2 Å². The average molecular weight is 352 g/mol. The zero-order chi connectivity index (χ0) is 17.9. The highest BCUT2D eigenvalue weighted by Gasteiger charge is 2.26. The smallest absolute Gasteiger partial charge is 0.344 e. The van der Waals surface area contributed by atoms with Gasteiger partial charge in [-0.1, -0.05) is 12.1 Å². The summed E-state index contributed by atoms with van der Waals surface area (Å²) in [4.78, 5) is 23.4. The lowest BCUT2D eigenvalue weighted by Crippen LogP contribution is -2.29. The number of ether oxygens (including phenoxy) is 2. The first-order valence-electron chi connectivity index (χ1n) is 6.85. The Morgan fingerprint density at radius 3 is 2.38 bits per heavy atom. The molecule has 0 amide bonds. The van der Waals surface area contributed by atoms with Gasteiger partial charge < -0.3 is 9.47 Å². The van der Waals surface area contributed by atoms with Crippen molar-refractivity contribution >= 4 is 27.9 Å². The van der Waals surface area contributed by atoms with E-state index < -0.39 is 22.1 Å². The molecule has 128 valence electrons. The number of methoxy groups -OCH3 is 1. The first kappa shape index (κ1) is 17.7. The van der Waals surface area contributed by atoms with Crippen molar-refractivity contribution in [3.63, 3.8) is 0 Å². The number of benzene rings is 1. The normalized spacial score (nSPS) is 16.0. The van der Waals surface area contributed by atoms with Crippen molar-refractivity contribution in [3.8, 4) is 0 Å². The minimum absolute atomic E-state index is 0.0264. The van der Waals surface area contributed by atoms with Crippen LogP contribution in [-0.2, 0) is 31.1 Å². The first-order valence-corrected chi connectivity index (χ1v) is 8.25. The van der Waals surface area contributed by atoms with Gasteiger partial charge in [-0.05, 0) is 24.6 Å². The number of nitrogens with zero attached hydrogens (tertiary/aromatic N) is 2. The van der Waals surface area contributed by atoms with Crippen molar-refractivity contribution in [2.45, 2.75) is 13.5 Å². The van der Waals surface area contributed by atoms with E-state index in [4.69, 9.17) is 4.74 Å².